The Morgan fingerprint density at radius 2 is 2.08 bits per heavy atom. The van der Waals surface area contributed by atoms with Crippen molar-refractivity contribution in [2.24, 2.45) is 0 Å². The third-order valence-electron chi connectivity index (χ3n) is 4.03. The average molecular weight is 357 g/mol. The summed E-state index contributed by atoms with van der Waals surface area (Å²) in [6.07, 6.45) is 2.30. The zero-order chi connectivity index (χ0) is 18.0. The van der Waals surface area contributed by atoms with Gasteiger partial charge in [-0.1, -0.05) is 6.92 Å². The minimum Gasteiger partial charge on any atom is -0.497 e. The molecule has 0 aliphatic rings. The number of carbonyl (C=O) groups is 1. The molecule has 1 amide bonds. The summed E-state index contributed by atoms with van der Waals surface area (Å²) >= 11 is 1.51. The van der Waals surface area contributed by atoms with Crippen LogP contribution in [0.25, 0.3) is 10.2 Å². The van der Waals surface area contributed by atoms with Crippen molar-refractivity contribution in [2.75, 3.05) is 12.4 Å². The van der Waals surface area contributed by atoms with E-state index in [0.29, 0.717) is 21.7 Å². The summed E-state index contributed by atoms with van der Waals surface area (Å²) in [4.78, 5) is 31.3. The maximum Gasteiger partial charge on any atom is 0.262 e. The molecule has 130 valence electrons. The Hall–Kier alpha value is -2.67. The van der Waals surface area contributed by atoms with Gasteiger partial charge in [-0.3, -0.25) is 14.2 Å². The van der Waals surface area contributed by atoms with E-state index < -0.39 is 6.04 Å². The Balaban J connectivity index is 1.84. The van der Waals surface area contributed by atoms with Gasteiger partial charge in [0.2, 0.25) is 5.91 Å². The van der Waals surface area contributed by atoms with E-state index in [4.69, 9.17) is 4.74 Å². The highest BCUT2D eigenvalue weighted by Gasteiger charge is 2.18. The minimum absolute atomic E-state index is 0.196. The van der Waals surface area contributed by atoms with Crippen molar-refractivity contribution >= 4 is 33.1 Å². The van der Waals surface area contributed by atoms with E-state index in [-0.39, 0.29) is 11.5 Å². The van der Waals surface area contributed by atoms with Gasteiger partial charge >= 0.3 is 0 Å². The van der Waals surface area contributed by atoms with Crippen LogP contribution in [0.3, 0.4) is 0 Å². The fourth-order valence-corrected chi connectivity index (χ4v) is 3.41. The second-order valence-corrected chi connectivity index (χ2v) is 6.75. The van der Waals surface area contributed by atoms with Crippen molar-refractivity contribution in [3.05, 3.63) is 51.9 Å². The van der Waals surface area contributed by atoms with Gasteiger partial charge in [0.05, 0.1) is 18.8 Å². The number of thiophene rings is 1. The molecule has 2 aromatic heterocycles. The highest BCUT2D eigenvalue weighted by Crippen LogP contribution is 2.22. The van der Waals surface area contributed by atoms with E-state index in [2.05, 4.69) is 10.3 Å². The van der Waals surface area contributed by atoms with Crippen LogP contribution in [0.5, 0.6) is 5.75 Å². The van der Waals surface area contributed by atoms with Crippen molar-refractivity contribution in [3.8, 4) is 5.75 Å². The van der Waals surface area contributed by atoms with E-state index in [0.717, 1.165) is 11.3 Å². The Bertz CT molecular complexity index is 960. The molecule has 0 saturated carbocycles. The van der Waals surface area contributed by atoms with Crippen LogP contribution in [-0.2, 0) is 11.2 Å². The summed E-state index contributed by atoms with van der Waals surface area (Å²) in [6, 6.07) is 8.21. The van der Waals surface area contributed by atoms with E-state index in [9.17, 15) is 9.59 Å². The second kappa shape index (κ2) is 7.06. The van der Waals surface area contributed by atoms with Gasteiger partial charge in [-0.2, -0.15) is 0 Å². The van der Waals surface area contributed by atoms with Crippen molar-refractivity contribution in [2.45, 2.75) is 26.3 Å². The first kappa shape index (κ1) is 17.2. The molecule has 7 heteroatoms. The predicted molar refractivity (Wildman–Crippen MR) is 99.6 cm³/mol. The lowest BCUT2D eigenvalue weighted by atomic mass is 10.2. The Labute approximate surface area is 149 Å². The molecule has 0 saturated heterocycles. The van der Waals surface area contributed by atoms with Gasteiger partial charge in [0.1, 0.15) is 16.6 Å². The molecule has 3 rings (SSSR count). The number of fused-ring (bicyclic) bond motifs is 1. The first-order valence-electron chi connectivity index (χ1n) is 7.98. The summed E-state index contributed by atoms with van der Waals surface area (Å²) < 4.78 is 6.46. The topological polar surface area (TPSA) is 73.2 Å². The molecule has 1 N–H and O–H groups in total. The Morgan fingerprint density at radius 1 is 1.36 bits per heavy atom. The molecule has 0 fully saturated rings. The summed E-state index contributed by atoms with van der Waals surface area (Å²) in [5, 5.41) is 3.37. The standard InChI is InChI=1S/C18H19N3O3S/c1-4-14-9-15-17(25-14)19-10-21(18(15)23)11(2)16(22)20-12-5-7-13(24-3)8-6-12/h5-11H,4H2,1-3H3,(H,20,22)/t11-/m0/s1. The lowest BCUT2D eigenvalue weighted by Gasteiger charge is -2.15. The second-order valence-electron chi connectivity index (χ2n) is 5.64. The Morgan fingerprint density at radius 3 is 2.72 bits per heavy atom. The molecule has 0 aliphatic heterocycles. The number of rotatable bonds is 5. The molecule has 1 aromatic carbocycles. The van der Waals surface area contributed by atoms with Crippen molar-refractivity contribution in [1.29, 1.82) is 0 Å². The molecular formula is C18H19N3O3S. The Kier molecular flexibility index (Phi) is 4.85. The van der Waals surface area contributed by atoms with Gasteiger partial charge < -0.3 is 10.1 Å². The molecule has 3 aromatic rings. The van der Waals surface area contributed by atoms with Crippen LogP contribution in [-0.4, -0.2) is 22.6 Å². The SMILES string of the molecule is CCc1cc2c(=O)n([C@@H](C)C(=O)Nc3ccc(OC)cc3)cnc2s1. The normalized spacial score (nSPS) is 12.1. The van der Waals surface area contributed by atoms with Crippen molar-refractivity contribution in [1.82, 2.24) is 9.55 Å². The van der Waals surface area contributed by atoms with Crippen LogP contribution in [0.2, 0.25) is 0 Å². The molecule has 6 nitrogen and oxygen atoms in total. The van der Waals surface area contributed by atoms with Gasteiger partial charge in [0, 0.05) is 10.6 Å². The van der Waals surface area contributed by atoms with Crippen LogP contribution < -0.4 is 15.6 Å². The zero-order valence-corrected chi connectivity index (χ0v) is 15.1. The number of carbonyl (C=O) groups excluding carboxylic acids is 1. The van der Waals surface area contributed by atoms with Gasteiger partial charge in [0.25, 0.3) is 5.56 Å². The molecule has 0 spiro atoms. The monoisotopic (exact) mass is 357 g/mol. The number of anilines is 1. The molecule has 2 heterocycles. The number of nitrogens with zero attached hydrogens (tertiary/aromatic N) is 2. The summed E-state index contributed by atoms with van der Waals surface area (Å²) in [5.41, 5.74) is 0.446. The number of benzene rings is 1. The molecule has 0 bridgehead atoms. The van der Waals surface area contributed by atoms with E-state index in [1.807, 2.05) is 13.0 Å². The van der Waals surface area contributed by atoms with Crippen LogP contribution in [0, 0.1) is 0 Å². The third kappa shape index (κ3) is 3.41. The summed E-state index contributed by atoms with van der Waals surface area (Å²) in [7, 11) is 1.58. The van der Waals surface area contributed by atoms with E-state index in [1.54, 1.807) is 38.3 Å². The molecular weight excluding hydrogens is 338 g/mol. The van der Waals surface area contributed by atoms with Crippen molar-refractivity contribution in [3.63, 3.8) is 0 Å². The summed E-state index contributed by atoms with van der Waals surface area (Å²) in [6.45, 7) is 3.72. The van der Waals surface area contributed by atoms with Gasteiger partial charge in [0.15, 0.2) is 0 Å². The van der Waals surface area contributed by atoms with Gasteiger partial charge in [-0.25, -0.2) is 4.98 Å². The lowest BCUT2D eigenvalue weighted by molar-refractivity contribution is -0.118. The van der Waals surface area contributed by atoms with Crippen LogP contribution >= 0.6 is 11.3 Å². The number of nitrogens with one attached hydrogen (secondary N) is 1. The first-order chi connectivity index (χ1) is 12.0. The van der Waals surface area contributed by atoms with Crippen LogP contribution in [0.1, 0.15) is 24.8 Å². The highest BCUT2D eigenvalue weighted by molar-refractivity contribution is 7.18. The quantitative estimate of drug-likeness (QED) is 0.761. The molecule has 1 atom stereocenters. The van der Waals surface area contributed by atoms with Crippen LogP contribution in [0.15, 0.2) is 41.5 Å². The zero-order valence-electron chi connectivity index (χ0n) is 14.3. The highest BCUT2D eigenvalue weighted by atomic mass is 32.1. The van der Waals surface area contributed by atoms with Crippen LogP contribution in [0.4, 0.5) is 5.69 Å². The average Bonchev–Trinajstić information content (AvgIpc) is 3.06. The van der Waals surface area contributed by atoms with E-state index in [1.165, 1.54) is 22.2 Å². The number of aryl methyl sites for hydroxylation is 1. The maximum atomic E-state index is 12.7. The summed E-state index contributed by atoms with van der Waals surface area (Å²) in [5.74, 6) is 0.431. The van der Waals surface area contributed by atoms with Gasteiger partial charge in [-0.15, -0.1) is 11.3 Å². The number of methoxy groups -OCH3 is 1. The minimum atomic E-state index is -0.670. The number of hydrogen-bond donors (Lipinski definition) is 1. The van der Waals surface area contributed by atoms with Crippen molar-refractivity contribution < 1.29 is 9.53 Å². The smallest absolute Gasteiger partial charge is 0.262 e. The van der Waals surface area contributed by atoms with E-state index >= 15 is 0 Å². The largest absolute Gasteiger partial charge is 0.497 e. The van der Waals surface area contributed by atoms with Gasteiger partial charge in [-0.05, 0) is 43.7 Å². The molecule has 25 heavy (non-hydrogen) atoms. The predicted octanol–water partition coefficient (Wildman–Crippen LogP) is 3.23. The number of aromatic nitrogens is 2. The molecule has 0 unspecified atom stereocenters. The third-order valence-corrected chi connectivity index (χ3v) is 5.22. The molecule has 0 aliphatic carbocycles. The number of amides is 1. The first-order valence-corrected chi connectivity index (χ1v) is 8.79. The number of hydrogen-bond acceptors (Lipinski definition) is 5. The lowest BCUT2D eigenvalue weighted by Crippen LogP contribution is -2.31. The number of ether oxygens (including phenoxy) is 1. The maximum absolute atomic E-state index is 12.7. The fourth-order valence-electron chi connectivity index (χ4n) is 2.48. The molecule has 0 radical (unpaired) electrons. The fraction of sp³-hybridized carbons (Fsp3) is 0.278.